The molecule has 0 aliphatic heterocycles. The first kappa shape index (κ1) is 19.4. The highest BCUT2D eigenvalue weighted by molar-refractivity contribution is 5.85. The van der Waals surface area contributed by atoms with Crippen molar-refractivity contribution in [3.63, 3.8) is 0 Å². The minimum atomic E-state index is -0.168. The number of carbonyl (C=O) groups excluding carboxylic acids is 1. The second-order valence-electron chi connectivity index (χ2n) is 4.37. The highest BCUT2D eigenvalue weighted by Gasteiger charge is 2.07. The molecule has 7 heteroatoms. The van der Waals surface area contributed by atoms with E-state index in [1.807, 2.05) is 41.1 Å². The number of hydrogen-bond donors (Lipinski definition) is 2. The van der Waals surface area contributed by atoms with Gasteiger partial charge in [0.05, 0.1) is 6.33 Å². The molecule has 0 aliphatic carbocycles. The van der Waals surface area contributed by atoms with Gasteiger partial charge in [0.2, 0.25) is 5.91 Å². The van der Waals surface area contributed by atoms with Crippen molar-refractivity contribution in [3.05, 3.63) is 54.6 Å². The zero-order valence-electron chi connectivity index (χ0n) is 11.5. The number of hydrogen-bond acceptors (Lipinski definition) is 3. The second-order valence-corrected chi connectivity index (χ2v) is 4.37. The predicted molar refractivity (Wildman–Crippen MR) is 87.7 cm³/mol. The van der Waals surface area contributed by atoms with E-state index in [0.29, 0.717) is 19.5 Å². The van der Waals surface area contributed by atoms with Crippen LogP contribution in [0.25, 0.3) is 0 Å². The summed E-state index contributed by atoms with van der Waals surface area (Å²) >= 11 is 0. The number of nitrogens with two attached hydrogens (primary N) is 1. The Kier molecular flexibility index (Phi) is 9.45. The fourth-order valence-corrected chi connectivity index (χ4v) is 1.78. The summed E-state index contributed by atoms with van der Waals surface area (Å²) in [6.45, 7) is 1.08. The third-order valence-corrected chi connectivity index (χ3v) is 2.90. The van der Waals surface area contributed by atoms with Gasteiger partial charge in [-0.15, -0.1) is 24.8 Å². The predicted octanol–water partition coefficient (Wildman–Crippen LogP) is 1.93. The van der Waals surface area contributed by atoms with Crippen molar-refractivity contribution in [2.45, 2.75) is 19.0 Å². The van der Waals surface area contributed by atoms with Crippen molar-refractivity contribution in [2.75, 3.05) is 6.54 Å². The van der Waals surface area contributed by atoms with Crippen LogP contribution in [0.15, 0.2) is 49.1 Å². The Morgan fingerprint density at radius 2 is 2.00 bits per heavy atom. The lowest BCUT2D eigenvalue weighted by Crippen LogP contribution is -2.32. The number of aromatic nitrogens is 2. The number of benzene rings is 1. The van der Waals surface area contributed by atoms with E-state index in [1.165, 1.54) is 0 Å². The maximum Gasteiger partial charge on any atom is 0.221 e. The van der Waals surface area contributed by atoms with Crippen LogP contribution in [0.3, 0.4) is 0 Å². The fraction of sp³-hybridized carbons (Fsp3) is 0.286. The normalized spacial score (nSPS) is 10.9. The van der Waals surface area contributed by atoms with Gasteiger partial charge in [0.15, 0.2) is 0 Å². The summed E-state index contributed by atoms with van der Waals surface area (Å²) in [5.74, 6) is 0.0000751. The molecule has 1 amide bonds. The third-order valence-electron chi connectivity index (χ3n) is 2.90. The van der Waals surface area contributed by atoms with Crippen LogP contribution in [0.4, 0.5) is 0 Å². The lowest BCUT2D eigenvalue weighted by Gasteiger charge is -2.13. The van der Waals surface area contributed by atoms with Crippen molar-refractivity contribution in [1.82, 2.24) is 14.9 Å². The zero-order valence-corrected chi connectivity index (χ0v) is 13.1. The van der Waals surface area contributed by atoms with E-state index >= 15 is 0 Å². The molecule has 1 heterocycles. The number of amides is 1. The summed E-state index contributed by atoms with van der Waals surface area (Å²) < 4.78 is 1.87. The van der Waals surface area contributed by atoms with Gasteiger partial charge in [-0.2, -0.15) is 0 Å². The monoisotopic (exact) mass is 330 g/mol. The first-order valence-electron chi connectivity index (χ1n) is 6.28. The molecule has 0 radical (unpaired) electrons. The van der Waals surface area contributed by atoms with E-state index in [1.54, 1.807) is 12.5 Å². The van der Waals surface area contributed by atoms with Crippen molar-refractivity contribution in [1.29, 1.82) is 0 Å². The van der Waals surface area contributed by atoms with Gasteiger partial charge in [-0.25, -0.2) is 4.98 Å². The molecule has 2 aromatic rings. The molecule has 3 N–H and O–H groups in total. The minimum absolute atomic E-state index is 0. The van der Waals surface area contributed by atoms with Crippen LogP contribution >= 0.6 is 24.8 Å². The summed E-state index contributed by atoms with van der Waals surface area (Å²) in [7, 11) is 0. The number of aryl methyl sites for hydroxylation is 1. The first-order chi connectivity index (χ1) is 9.25. The Morgan fingerprint density at radius 3 is 2.62 bits per heavy atom. The molecule has 21 heavy (non-hydrogen) atoms. The molecule has 116 valence electrons. The van der Waals surface area contributed by atoms with Gasteiger partial charge in [0.1, 0.15) is 0 Å². The van der Waals surface area contributed by atoms with Crippen molar-refractivity contribution >= 4 is 30.7 Å². The molecule has 0 saturated heterocycles. The lowest BCUT2D eigenvalue weighted by molar-refractivity contribution is -0.121. The number of carbonyl (C=O) groups is 1. The van der Waals surface area contributed by atoms with Crippen LogP contribution in [0, 0.1) is 0 Å². The number of rotatable bonds is 6. The molecule has 5 nitrogen and oxygen atoms in total. The maximum absolute atomic E-state index is 11.7. The van der Waals surface area contributed by atoms with Crippen molar-refractivity contribution in [2.24, 2.45) is 5.73 Å². The summed E-state index contributed by atoms with van der Waals surface area (Å²) in [5, 5.41) is 2.85. The molecule has 0 bridgehead atoms. The van der Waals surface area contributed by atoms with Crippen LogP contribution in [-0.2, 0) is 11.3 Å². The van der Waals surface area contributed by atoms with Gasteiger partial charge in [-0.05, 0) is 5.56 Å². The average Bonchev–Trinajstić information content (AvgIpc) is 2.96. The smallest absolute Gasteiger partial charge is 0.221 e. The minimum Gasteiger partial charge on any atom is -0.354 e. The van der Waals surface area contributed by atoms with Gasteiger partial charge in [0.25, 0.3) is 0 Å². The number of halogens is 2. The average molecular weight is 331 g/mol. The largest absolute Gasteiger partial charge is 0.354 e. The molecule has 1 aromatic carbocycles. The molecule has 0 fully saturated rings. The van der Waals surface area contributed by atoms with Crippen LogP contribution in [-0.4, -0.2) is 22.0 Å². The van der Waals surface area contributed by atoms with E-state index in [4.69, 9.17) is 5.73 Å². The summed E-state index contributed by atoms with van der Waals surface area (Å²) in [6.07, 6.45) is 5.66. The van der Waals surface area contributed by atoms with Gasteiger partial charge in [0, 0.05) is 37.9 Å². The van der Waals surface area contributed by atoms with E-state index in [0.717, 1.165) is 5.56 Å². The van der Waals surface area contributed by atoms with E-state index in [-0.39, 0.29) is 36.8 Å². The number of imidazole rings is 1. The van der Waals surface area contributed by atoms with Crippen molar-refractivity contribution in [3.8, 4) is 0 Å². The molecule has 1 unspecified atom stereocenters. The molecule has 0 aliphatic rings. The van der Waals surface area contributed by atoms with Crippen LogP contribution in [0.1, 0.15) is 18.0 Å². The molecule has 0 saturated carbocycles. The number of nitrogens with zero attached hydrogens (tertiary/aromatic N) is 2. The molecule has 1 aromatic heterocycles. The zero-order chi connectivity index (χ0) is 13.5. The first-order valence-corrected chi connectivity index (χ1v) is 6.28. The molecule has 0 spiro atoms. The topological polar surface area (TPSA) is 72.9 Å². The van der Waals surface area contributed by atoms with E-state index in [9.17, 15) is 4.79 Å². The fourth-order valence-electron chi connectivity index (χ4n) is 1.78. The highest BCUT2D eigenvalue weighted by Crippen LogP contribution is 2.07. The van der Waals surface area contributed by atoms with Gasteiger partial charge >= 0.3 is 0 Å². The highest BCUT2D eigenvalue weighted by atomic mass is 35.5. The third kappa shape index (κ3) is 6.62. The Hall–Kier alpha value is -1.56. The quantitative estimate of drug-likeness (QED) is 0.850. The Labute approximate surface area is 136 Å². The van der Waals surface area contributed by atoms with Crippen LogP contribution < -0.4 is 11.1 Å². The Morgan fingerprint density at radius 1 is 1.29 bits per heavy atom. The Balaban J connectivity index is 0.00000200. The van der Waals surface area contributed by atoms with E-state index in [2.05, 4.69) is 10.3 Å². The van der Waals surface area contributed by atoms with E-state index < -0.39 is 0 Å². The van der Waals surface area contributed by atoms with Crippen molar-refractivity contribution < 1.29 is 4.79 Å². The van der Waals surface area contributed by atoms with Gasteiger partial charge < -0.3 is 15.6 Å². The molecule has 2 rings (SSSR count). The summed E-state index contributed by atoms with van der Waals surface area (Å²) in [6, 6.07) is 9.58. The molecular weight excluding hydrogens is 311 g/mol. The molecule has 1 atom stereocenters. The van der Waals surface area contributed by atoms with Crippen LogP contribution in [0.2, 0.25) is 0 Å². The summed E-state index contributed by atoms with van der Waals surface area (Å²) in [5.41, 5.74) is 7.03. The lowest BCUT2D eigenvalue weighted by atomic mass is 10.1. The molecular formula is C14H20Cl2N4O. The Bertz CT molecular complexity index is 505. The van der Waals surface area contributed by atoms with Gasteiger partial charge in [-0.1, -0.05) is 30.3 Å². The van der Waals surface area contributed by atoms with Gasteiger partial charge in [-0.3, -0.25) is 4.79 Å². The number of nitrogens with one attached hydrogen (secondary N) is 1. The summed E-state index contributed by atoms with van der Waals surface area (Å²) in [4.78, 5) is 15.6. The maximum atomic E-state index is 11.7. The second kappa shape index (κ2) is 10.2. The SMILES string of the molecule is Cl.Cl.NC(CNC(=O)CCn1ccnc1)c1ccccc1. The standard InChI is InChI=1S/C14H18N4O.2ClH/c15-13(12-4-2-1-3-5-12)10-17-14(19)6-8-18-9-7-16-11-18;;/h1-5,7,9,11,13H,6,8,10,15H2,(H,17,19);2*1H. The van der Waals surface area contributed by atoms with Crippen LogP contribution in [0.5, 0.6) is 0 Å².